The molecule has 0 saturated heterocycles. The van der Waals surface area contributed by atoms with Gasteiger partial charge in [0.15, 0.2) is 0 Å². The quantitative estimate of drug-likeness (QED) is 0.711. The van der Waals surface area contributed by atoms with Crippen LogP contribution in [-0.2, 0) is 14.8 Å². The second-order valence-corrected chi connectivity index (χ2v) is 6.45. The van der Waals surface area contributed by atoms with Crippen LogP contribution in [0.15, 0.2) is 0 Å². The number of hydrogen-bond acceptors (Lipinski definition) is 3. The van der Waals surface area contributed by atoms with Crippen LogP contribution in [0, 0.1) is 11.8 Å². The van der Waals surface area contributed by atoms with E-state index in [0.717, 1.165) is 0 Å². The van der Waals surface area contributed by atoms with Gasteiger partial charge in [0.05, 0.1) is 11.2 Å². The number of aliphatic carboxylic acids is 1. The van der Waals surface area contributed by atoms with Crippen molar-refractivity contribution in [1.82, 2.24) is 4.72 Å². The lowest BCUT2D eigenvalue weighted by molar-refractivity contribution is -0.142. The zero-order chi connectivity index (χ0) is 12.2. The molecule has 0 heterocycles. The van der Waals surface area contributed by atoms with E-state index in [1.165, 1.54) is 0 Å². The first-order chi connectivity index (χ1) is 6.68. The maximum absolute atomic E-state index is 11.4. The SMILES string of the molecule is CC(C)C(CNS(=O)(=O)C(C)C)C(=O)O. The Balaban J connectivity index is 4.42. The molecule has 0 aliphatic heterocycles. The van der Waals surface area contributed by atoms with Crippen LogP contribution >= 0.6 is 0 Å². The molecule has 15 heavy (non-hydrogen) atoms. The smallest absolute Gasteiger partial charge is 0.308 e. The van der Waals surface area contributed by atoms with Gasteiger partial charge in [0.2, 0.25) is 10.0 Å². The highest BCUT2D eigenvalue weighted by atomic mass is 32.2. The standard InChI is InChI=1S/C9H19NO4S/c1-6(2)8(9(11)12)5-10-15(13,14)7(3)4/h6-8,10H,5H2,1-4H3,(H,11,12). The molecule has 6 heteroatoms. The van der Waals surface area contributed by atoms with Gasteiger partial charge in [-0.2, -0.15) is 0 Å². The third kappa shape index (κ3) is 4.61. The number of hydrogen-bond donors (Lipinski definition) is 2. The third-order valence-electron chi connectivity index (χ3n) is 2.25. The summed E-state index contributed by atoms with van der Waals surface area (Å²) in [6.07, 6.45) is 0. The molecule has 5 nitrogen and oxygen atoms in total. The van der Waals surface area contributed by atoms with Gasteiger partial charge in [-0.25, -0.2) is 13.1 Å². The average molecular weight is 237 g/mol. The van der Waals surface area contributed by atoms with Crippen molar-refractivity contribution < 1.29 is 18.3 Å². The molecule has 0 aromatic rings. The fourth-order valence-electron chi connectivity index (χ4n) is 0.981. The molecular weight excluding hydrogens is 218 g/mol. The van der Waals surface area contributed by atoms with Crippen LogP contribution in [0.25, 0.3) is 0 Å². The average Bonchev–Trinajstić information content (AvgIpc) is 2.02. The summed E-state index contributed by atoms with van der Waals surface area (Å²) in [5.41, 5.74) is 0. The van der Waals surface area contributed by atoms with Crippen molar-refractivity contribution in [2.75, 3.05) is 6.54 Å². The largest absolute Gasteiger partial charge is 0.481 e. The molecule has 0 amide bonds. The van der Waals surface area contributed by atoms with Gasteiger partial charge < -0.3 is 5.11 Å². The van der Waals surface area contributed by atoms with Crippen molar-refractivity contribution in [3.05, 3.63) is 0 Å². The molecule has 0 spiro atoms. The normalized spacial score (nSPS) is 14.5. The van der Waals surface area contributed by atoms with E-state index < -0.39 is 27.2 Å². The highest BCUT2D eigenvalue weighted by Gasteiger charge is 2.24. The van der Waals surface area contributed by atoms with Crippen molar-refractivity contribution in [1.29, 1.82) is 0 Å². The second kappa shape index (κ2) is 5.46. The molecule has 0 aliphatic rings. The van der Waals surface area contributed by atoms with E-state index in [0.29, 0.717) is 0 Å². The van der Waals surface area contributed by atoms with E-state index in [1.54, 1.807) is 27.7 Å². The molecule has 90 valence electrons. The molecule has 0 aromatic carbocycles. The summed E-state index contributed by atoms with van der Waals surface area (Å²) in [6.45, 7) is 6.55. The van der Waals surface area contributed by atoms with E-state index >= 15 is 0 Å². The summed E-state index contributed by atoms with van der Waals surface area (Å²) in [5.74, 6) is -1.76. The predicted octanol–water partition coefficient (Wildman–Crippen LogP) is 0.671. The minimum absolute atomic E-state index is 0.0481. The second-order valence-electron chi connectivity index (χ2n) is 4.13. The first-order valence-electron chi connectivity index (χ1n) is 4.89. The summed E-state index contributed by atoms with van der Waals surface area (Å²) in [6, 6.07) is 0. The van der Waals surface area contributed by atoms with Crippen molar-refractivity contribution >= 4 is 16.0 Å². The monoisotopic (exact) mass is 237 g/mol. The topological polar surface area (TPSA) is 83.5 Å². The fourth-order valence-corrected chi connectivity index (χ4v) is 1.73. The number of rotatable bonds is 6. The molecular formula is C9H19NO4S. The summed E-state index contributed by atoms with van der Waals surface area (Å²) in [4.78, 5) is 10.8. The van der Waals surface area contributed by atoms with E-state index in [4.69, 9.17) is 5.11 Å². The number of carboxylic acid groups (broad SMARTS) is 1. The van der Waals surface area contributed by atoms with E-state index in [1.807, 2.05) is 0 Å². The molecule has 0 aromatic heterocycles. The minimum Gasteiger partial charge on any atom is -0.481 e. The summed E-state index contributed by atoms with van der Waals surface area (Å²) >= 11 is 0. The van der Waals surface area contributed by atoms with Crippen LogP contribution < -0.4 is 4.72 Å². The van der Waals surface area contributed by atoms with Gasteiger partial charge in [-0.3, -0.25) is 4.79 Å². The molecule has 1 atom stereocenters. The molecule has 0 aliphatic carbocycles. The van der Waals surface area contributed by atoms with Crippen LogP contribution in [0.2, 0.25) is 0 Å². The Morgan fingerprint density at radius 3 is 2.00 bits per heavy atom. The predicted molar refractivity (Wildman–Crippen MR) is 58.0 cm³/mol. The molecule has 0 saturated carbocycles. The first-order valence-corrected chi connectivity index (χ1v) is 6.44. The first kappa shape index (κ1) is 14.4. The van der Waals surface area contributed by atoms with Gasteiger partial charge in [0, 0.05) is 6.54 Å². The Morgan fingerprint density at radius 1 is 1.27 bits per heavy atom. The van der Waals surface area contributed by atoms with E-state index in [-0.39, 0.29) is 12.5 Å². The Bertz CT molecular complexity index is 308. The fraction of sp³-hybridized carbons (Fsp3) is 0.889. The molecule has 0 bridgehead atoms. The van der Waals surface area contributed by atoms with Crippen LogP contribution in [-0.4, -0.2) is 31.3 Å². The summed E-state index contributed by atoms with van der Waals surface area (Å²) < 4.78 is 25.1. The van der Waals surface area contributed by atoms with Gasteiger partial charge in [0.25, 0.3) is 0 Å². The highest BCUT2D eigenvalue weighted by Crippen LogP contribution is 2.10. The van der Waals surface area contributed by atoms with Crippen LogP contribution in [0.4, 0.5) is 0 Å². The maximum atomic E-state index is 11.4. The zero-order valence-corrected chi connectivity index (χ0v) is 10.3. The molecule has 0 fully saturated rings. The van der Waals surface area contributed by atoms with Crippen molar-refractivity contribution in [2.45, 2.75) is 32.9 Å². The van der Waals surface area contributed by atoms with Crippen molar-refractivity contribution in [3.63, 3.8) is 0 Å². The Morgan fingerprint density at radius 2 is 1.73 bits per heavy atom. The molecule has 2 N–H and O–H groups in total. The van der Waals surface area contributed by atoms with E-state index in [2.05, 4.69) is 4.72 Å². The summed E-state index contributed by atoms with van der Waals surface area (Å²) in [5, 5.41) is 8.30. The highest BCUT2D eigenvalue weighted by molar-refractivity contribution is 7.90. The number of carboxylic acids is 1. The summed E-state index contributed by atoms with van der Waals surface area (Å²) in [7, 11) is -3.37. The molecule has 0 radical (unpaired) electrons. The van der Waals surface area contributed by atoms with Gasteiger partial charge in [-0.05, 0) is 19.8 Å². The third-order valence-corrected chi connectivity index (χ3v) is 4.06. The van der Waals surface area contributed by atoms with Gasteiger partial charge in [-0.1, -0.05) is 13.8 Å². The molecule has 0 rings (SSSR count). The number of nitrogens with one attached hydrogen (secondary N) is 1. The van der Waals surface area contributed by atoms with Crippen LogP contribution in [0.5, 0.6) is 0 Å². The minimum atomic E-state index is -3.37. The zero-order valence-electron chi connectivity index (χ0n) is 9.52. The maximum Gasteiger partial charge on any atom is 0.308 e. The Kier molecular flexibility index (Phi) is 5.23. The van der Waals surface area contributed by atoms with Gasteiger partial charge in [-0.15, -0.1) is 0 Å². The lowest BCUT2D eigenvalue weighted by atomic mass is 9.97. The Labute approximate surface area is 90.9 Å². The lowest BCUT2D eigenvalue weighted by Gasteiger charge is -2.17. The van der Waals surface area contributed by atoms with Gasteiger partial charge in [0.1, 0.15) is 0 Å². The number of sulfonamides is 1. The van der Waals surface area contributed by atoms with Crippen LogP contribution in [0.1, 0.15) is 27.7 Å². The van der Waals surface area contributed by atoms with Crippen molar-refractivity contribution in [3.8, 4) is 0 Å². The lowest BCUT2D eigenvalue weighted by Crippen LogP contribution is -2.38. The molecule has 1 unspecified atom stereocenters. The van der Waals surface area contributed by atoms with Crippen LogP contribution in [0.3, 0.4) is 0 Å². The van der Waals surface area contributed by atoms with E-state index in [9.17, 15) is 13.2 Å². The van der Waals surface area contributed by atoms with Crippen molar-refractivity contribution in [2.24, 2.45) is 11.8 Å². The number of carbonyl (C=O) groups is 1. The van der Waals surface area contributed by atoms with Gasteiger partial charge >= 0.3 is 5.97 Å². The Hall–Kier alpha value is -0.620.